The lowest BCUT2D eigenvalue weighted by Gasteiger charge is -2.26. The second-order valence-electron chi connectivity index (χ2n) is 7.35. The van der Waals surface area contributed by atoms with Crippen LogP contribution in [0.1, 0.15) is 48.4 Å². The van der Waals surface area contributed by atoms with Gasteiger partial charge in [0, 0.05) is 17.6 Å². The van der Waals surface area contributed by atoms with Crippen LogP contribution in [0.3, 0.4) is 0 Å². The second-order valence-corrected chi connectivity index (χ2v) is 8.66. The first-order valence-electron chi connectivity index (χ1n) is 10.0. The SMILES string of the molecule is CC(Sc1nnc(CN2CCCCC2)n1Cc1ccccc1)c1cccnc1. The van der Waals surface area contributed by atoms with E-state index >= 15 is 0 Å². The number of piperidine rings is 1. The molecule has 5 nitrogen and oxygen atoms in total. The standard InChI is InChI=1S/C22H27N5S/c1-18(20-11-8-12-23-15-20)28-22-25-24-21(17-26-13-6-3-7-14-26)27(22)16-19-9-4-2-5-10-19/h2,4-5,8-12,15,18H,3,6-7,13-14,16-17H2,1H3. The van der Waals surface area contributed by atoms with Crippen LogP contribution in [0, 0.1) is 0 Å². The molecule has 1 unspecified atom stereocenters. The molecule has 0 saturated carbocycles. The molecule has 2 aromatic heterocycles. The van der Waals surface area contributed by atoms with Crippen LogP contribution in [0.2, 0.25) is 0 Å². The fourth-order valence-electron chi connectivity index (χ4n) is 3.61. The Balaban J connectivity index is 1.57. The van der Waals surface area contributed by atoms with E-state index in [0.717, 1.165) is 37.2 Å². The molecule has 3 heterocycles. The summed E-state index contributed by atoms with van der Waals surface area (Å²) in [7, 11) is 0. The molecule has 146 valence electrons. The summed E-state index contributed by atoms with van der Waals surface area (Å²) in [6.07, 6.45) is 7.66. The third-order valence-corrected chi connectivity index (χ3v) is 6.37. The molecule has 1 aromatic carbocycles. The molecule has 0 N–H and O–H groups in total. The first-order chi connectivity index (χ1) is 13.8. The van der Waals surface area contributed by atoms with E-state index in [1.54, 1.807) is 11.8 Å². The second kappa shape index (κ2) is 9.34. The van der Waals surface area contributed by atoms with Gasteiger partial charge in [0.15, 0.2) is 5.16 Å². The zero-order chi connectivity index (χ0) is 19.2. The molecular weight excluding hydrogens is 366 g/mol. The van der Waals surface area contributed by atoms with Gasteiger partial charge in [0.25, 0.3) is 0 Å². The lowest BCUT2D eigenvalue weighted by atomic mass is 10.1. The first-order valence-corrected chi connectivity index (χ1v) is 10.9. The summed E-state index contributed by atoms with van der Waals surface area (Å²) in [5, 5.41) is 10.4. The summed E-state index contributed by atoms with van der Waals surface area (Å²) >= 11 is 1.76. The van der Waals surface area contributed by atoms with Gasteiger partial charge < -0.3 is 4.57 Å². The molecule has 1 aliphatic rings. The summed E-state index contributed by atoms with van der Waals surface area (Å²) in [4.78, 5) is 6.77. The van der Waals surface area contributed by atoms with Crippen molar-refractivity contribution in [2.24, 2.45) is 0 Å². The maximum absolute atomic E-state index is 4.59. The van der Waals surface area contributed by atoms with Gasteiger partial charge in [-0.3, -0.25) is 9.88 Å². The maximum atomic E-state index is 4.59. The van der Waals surface area contributed by atoms with Gasteiger partial charge in [0.2, 0.25) is 0 Å². The quantitative estimate of drug-likeness (QED) is 0.551. The van der Waals surface area contributed by atoms with Gasteiger partial charge in [0.05, 0.1) is 13.1 Å². The van der Waals surface area contributed by atoms with E-state index in [0.29, 0.717) is 0 Å². The molecule has 0 radical (unpaired) electrons. The molecule has 1 fully saturated rings. The molecule has 3 aromatic rings. The Kier molecular flexibility index (Phi) is 6.39. The van der Waals surface area contributed by atoms with Gasteiger partial charge >= 0.3 is 0 Å². The highest BCUT2D eigenvalue weighted by Gasteiger charge is 2.20. The van der Waals surface area contributed by atoms with Crippen molar-refractivity contribution >= 4 is 11.8 Å². The van der Waals surface area contributed by atoms with Gasteiger partial charge in [-0.1, -0.05) is 54.6 Å². The van der Waals surface area contributed by atoms with Gasteiger partial charge in [-0.15, -0.1) is 10.2 Å². The third-order valence-electron chi connectivity index (χ3n) is 5.23. The fourth-order valence-corrected chi connectivity index (χ4v) is 4.58. The van der Waals surface area contributed by atoms with E-state index in [9.17, 15) is 0 Å². The van der Waals surface area contributed by atoms with E-state index in [2.05, 4.69) is 68.0 Å². The first kappa shape index (κ1) is 19.2. The number of benzene rings is 1. The van der Waals surface area contributed by atoms with Gasteiger partial charge in [-0.05, 0) is 50.0 Å². The molecule has 0 bridgehead atoms. The highest BCUT2D eigenvalue weighted by molar-refractivity contribution is 7.99. The van der Waals surface area contributed by atoms with Crippen LogP contribution in [0.25, 0.3) is 0 Å². The number of thioether (sulfide) groups is 1. The third kappa shape index (κ3) is 4.80. The van der Waals surface area contributed by atoms with E-state index in [4.69, 9.17) is 0 Å². The van der Waals surface area contributed by atoms with Crippen molar-refractivity contribution in [3.63, 3.8) is 0 Å². The maximum Gasteiger partial charge on any atom is 0.192 e. The molecule has 6 heteroatoms. The number of hydrogen-bond acceptors (Lipinski definition) is 5. The zero-order valence-corrected chi connectivity index (χ0v) is 17.2. The number of nitrogens with zero attached hydrogens (tertiary/aromatic N) is 5. The molecule has 1 saturated heterocycles. The van der Waals surface area contributed by atoms with Crippen LogP contribution in [-0.4, -0.2) is 37.7 Å². The van der Waals surface area contributed by atoms with Crippen LogP contribution < -0.4 is 0 Å². The summed E-state index contributed by atoms with van der Waals surface area (Å²) < 4.78 is 2.29. The van der Waals surface area contributed by atoms with E-state index in [-0.39, 0.29) is 5.25 Å². The van der Waals surface area contributed by atoms with Crippen LogP contribution >= 0.6 is 11.8 Å². The van der Waals surface area contributed by atoms with Gasteiger partial charge in [-0.2, -0.15) is 0 Å². The Morgan fingerprint density at radius 2 is 1.79 bits per heavy atom. The monoisotopic (exact) mass is 393 g/mol. The number of aromatic nitrogens is 4. The molecule has 0 aliphatic carbocycles. The predicted octanol–water partition coefficient (Wildman–Crippen LogP) is 4.56. The average Bonchev–Trinajstić information content (AvgIpc) is 3.11. The summed E-state index contributed by atoms with van der Waals surface area (Å²) in [5.41, 5.74) is 2.48. The normalized spacial score (nSPS) is 16.2. The van der Waals surface area contributed by atoms with Gasteiger partial charge in [0.1, 0.15) is 5.82 Å². The van der Waals surface area contributed by atoms with Crippen LogP contribution in [0.15, 0.2) is 60.0 Å². The number of pyridine rings is 1. The van der Waals surface area contributed by atoms with Crippen LogP contribution in [0.5, 0.6) is 0 Å². The fraction of sp³-hybridized carbons (Fsp3) is 0.409. The van der Waals surface area contributed by atoms with Crippen molar-refractivity contribution in [1.82, 2.24) is 24.6 Å². The van der Waals surface area contributed by atoms with Crippen molar-refractivity contribution in [2.45, 2.75) is 49.7 Å². The largest absolute Gasteiger partial charge is 0.300 e. The van der Waals surface area contributed by atoms with Crippen molar-refractivity contribution < 1.29 is 0 Å². The average molecular weight is 394 g/mol. The lowest BCUT2D eigenvalue weighted by molar-refractivity contribution is 0.213. The Morgan fingerprint density at radius 3 is 2.54 bits per heavy atom. The van der Waals surface area contributed by atoms with Crippen molar-refractivity contribution in [3.8, 4) is 0 Å². The Morgan fingerprint density at radius 1 is 0.964 bits per heavy atom. The van der Waals surface area contributed by atoms with Crippen molar-refractivity contribution in [3.05, 3.63) is 71.8 Å². The molecule has 28 heavy (non-hydrogen) atoms. The predicted molar refractivity (Wildman–Crippen MR) is 113 cm³/mol. The van der Waals surface area contributed by atoms with Crippen LogP contribution in [0.4, 0.5) is 0 Å². The van der Waals surface area contributed by atoms with Crippen LogP contribution in [-0.2, 0) is 13.1 Å². The topological polar surface area (TPSA) is 46.8 Å². The van der Waals surface area contributed by atoms with Crippen molar-refractivity contribution in [2.75, 3.05) is 13.1 Å². The zero-order valence-electron chi connectivity index (χ0n) is 16.4. The number of hydrogen-bond donors (Lipinski definition) is 0. The van der Waals surface area contributed by atoms with E-state index in [1.807, 2.05) is 18.5 Å². The molecule has 0 spiro atoms. The molecule has 1 atom stereocenters. The number of rotatable bonds is 7. The Bertz CT molecular complexity index is 859. The minimum atomic E-state index is 0.273. The van der Waals surface area contributed by atoms with Gasteiger partial charge in [-0.25, -0.2) is 0 Å². The minimum Gasteiger partial charge on any atom is -0.300 e. The number of likely N-dealkylation sites (tertiary alicyclic amines) is 1. The summed E-state index contributed by atoms with van der Waals surface area (Å²) in [5.74, 6) is 1.06. The minimum absolute atomic E-state index is 0.273. The smallest absolute Gasteiger partial charge is 0.192 e. The Hall–Kier alpha value is -2.18. The molecular formula is C22H27N5S. The molecule has 4 rings (SSSR count). The summed E-state index contributed by atoms with van der Waals surface area (Å²) in [6.45, 7) is 6.20. The Labute approximate surface area is 171 Å². The highest BCUT2D eigenvalue weighted by Crippen LogP contribution is 2.34. The van der Waals surface area contributed by atoms with E-state index < -0.39 is 0 Å². The van der Waals surface area contributed by atoms with Crippen molar-refractivity contribution in [1.29, 1.82) is 0 Å². The summed E-state index contributed by atoms with van der Waals surface area (Å²) in [6, 6.07) is 14.7. The molecule has 1 aliphatic heterocycles. The highest BCUT2D eigenvalue weighted by atomic mass is 32.2. The molecule has 0 amide bonds. The lowest BCUT2D eigenvalue weighted by Crippen LogP contribution is -2.30. The van der Waals surface area contributed by atoms with E-state index in [1.165, 1.54) is 30.4 Å².